The molecule has 0 spiro atoms. The van der Waals surface area contributed by atoms with Crippen LogP contribution in [0.5, 0.6) is 0 Å². The number of nitrogens with one attached hydrogen (secondary N) is 1. The van der Waals surface area contributed by atoms with Crippen molar-refractivity contribution in [2.24, 2.45) is 11.7 Å². The predicted molar refractivity (Wildman–Crippen MR) is 73.3 cm³/mol. The van der Waals surface area contributed by atoms with Crippen LogP contribution in [0.1, 0.15) is 37.8 Å². The second kappa shape index (κ2) is 5.72. The summed E-state index contributed by atoms with van der Waals surface area (Å²) in [5, 5.41) is 3.64. The molecule has 0 aromatic heterocycles. The van der Waals surface area contributed by atoms with E-state index in [1.807, 2.05) is 31.2 Å². The molecule has 1 saturated carbocycles. The number of hydrogen-bond donors (Lipinski definition) is 2. The van der Waals surface area contributed by atoms with Gasteiger partial charge in [0.1, 0.15) is 0 Å². The highest BCUT2D eigenvalue weighted by atomic mass is 35.5. The Morgan fingerprint density at radius 3 is 2.89 bits per heavy atom. The van der Waals surface area contributed by atoms with Crippen LogP contribution in [0.3, 0.4) is 0 Å². The molecule has 2 rings (SSSR count). The molecule has 1 aliphatic rings. The van der Waals surface area contributed by atoms with Gasteiger partial charge >= 0.3 is 0 Å². The van der Waals surface area contributed by atoms with E-state index in [1.54, 1.807) is 0 Å². The van der Waals surface area contributed by atoms with Crippen LogP contribution in [-0.2, 0) is 4.79 Å². The van der Waals surface area contributed by atoms with E-state index in [-0.39, 0.29) is 18.0 Å². The highest BCUT2D eigenvalue weighted by molar-refractivity contribution is 6.30. The molecule has 1 aromatic carbocycles. The average molecular weight is 267 g/mol. The van der Waals surface area contributed by atoms with Gasteiger partial charge in [-0.15, -0.1) is 0 Å². The summed E-state index contributed by atoms with van der Waals surface area (Å²) in [5.41, 5.74) is 6.95. The topological polar surface area (TPSA) is 55.1 Å². The SMILES string of the molecule is CC(NC(=O)CC(N)C1CC1)c1cccc(Cl)c1. The van der Waals surface area contributed by atoms with Gasteiger partial charge in [0.15, 0.2) is 0 Å². The average Bonchev–Trinajstić information content (AvgIpc) is 3.12. The predicted octanol–water partition coefficient (Wildman–Crippen LogP) is 2.64. The van der Waals surface area contributed by atoms with Gasteiger partial charge in [0.05, 0.1) is 6.04 Å². The number of rotatable bonds is 5. The van der Waals surface area contributed by atoms with Gasteiger partial charge in [-0.1, -0.05) is 23.7 Å². The molecule has 0 radical (unpaired) electrons. The summed E-state index contributed by atoms with van der Waals surface area (Å²) >= 11 is 5.93. The Morgan fingerprint density at radius 1 is 1.56 bits per heavy atom. The molecule has 18 heavy (non-hydrogen) atoms. The largest absolute Gasteiger partial charge is 0.350 e. The summed E-state index contributed by atoms with van der Waals surface area (Å²) in [6.07, 6.45) is 2.74. The maximum atomic E-state index is 11.8. The normalized spacial score (nSPS) is 18.2. The molecule has 2 unspecified atom stereocenters. The Morgan fingerprint density at radius 2 is 2.28 bits per heavy atom. The summed E-state index contributed by atoms with van der Waals surface area (Å²) in [6, 6.07) is 7.50. The standard InChI is InChI=1S/C14H19ClN2O/c1-9(11-3-2-4-12(15)7-11)17-14(18)8-13(16)10-5-6-10/h2-4,7,9-10,13H,5-6,8,16H2,1H3,(H,17,18). The molecule has 0 aliphatic heterocycles. The van der Waals surface area contributed by atoms with Crippen LogP contribution in [0.15, 0.2) is 24.3 Å². The molecule has 2 atom stereocenters. The van der Waals surface area contributed by atoms with Crippen molar-refractivity contribution in [2.45, 2.75) is 38.3 Å². The Kier molecular flexibility index (Phi) is 4.25. The first-order valence-electron chi connectivity index (χ1n) is 6.36. The highest BCUT2D eigenvalue weighted by Crippen LogP contribution is 2.32. The molecule has 0 heterocycles. The molecule has 4 heteroatoms. The molecule has 3 N–H and O–H groups in total. The van der Waals surface area contributed by atoms with E-state index < -0.39 is 0 Å². The number of benzene rings is 1. The second-order valence-corrected chi connectivity index (χ2v) is 5.49. The first kappa shape index (κ1) is 13.4. The lowest BCUT2D eigenvalue weighted by molar-refractivity contribution is -0.122. The quantitative estimate of drug-likeness (QED) is 0.861. The van der Waals surface area contributed by atoms with Crippen LogP contribution in [0, 0.1) is 5.92 Å². The molecule has 1 fully saturated rings. The molecular formula is C14H19ClN2O. The minimum atomic E-state index is -0.0393. The van der Waals surface area contributed by atoms with Gasteiger partial charge in [-0.25, -0.2) is 0 Å². The number of carbonyl (C=O) groups excluding carboxylic acids is 1. The van der Waals surface area contributed by atoms with Crippen molar-refractivity contribution in [3.63, 3.8) is 0 Å². The Labute approximate surface area is 113 Å². The van der Waals surface area contributed by atoms with Gasteiger partial charge in [0.25, 0.3) is 0 Å². The van der Waals surface area contributed by atoms with E-state index in [0.717, 1.165) is 18.4 Å². The smallest absolute Gasteiger partial charge is 0.222 e. The minimum absolute atomic E-state index is 0.0107. The number of carbonyl (C=O) groups is 1. The maximum Gasteiger partial charge on any atom is 0.222 e. The third-order valence-corrected chi connectivity index (χ3v) is 3.61. The minimum Gasteiger partial charge on any atom is -0.350 e. The number of nitrogens with two attached hydrogens (primary N) is 1. The summed E-state index contributed by atoms with van der Waals surface area (Å²) < 4.78 is 0. The first-order chi connectivity index (χ1) is 8.56. The third-order valence-electron chi connectivity index (χ3n) is 3.37. The van der Waals surface area contributed by atoms with Crippen molar-refractivity contribution in [1.29, 1.82) is 0 Å². The fraction of sp³-hybridized carbons (Fsp3) is 0.500. The van der Waals surface area contributed by atoms with Gasteiger partial charge in [0, 0.05) is 17.5 Å². The Bertz CT molecular complexity index is 432. The second-order valence-electron chi connectivity index (χ2n) is 5.05. The molecule has 98 valence electrons. The lowest BCUT2D eigenvalue weighted by Crippen LogP contribution is -2.34. The zero-order valence-electron chi connectivity index (χ0n) is 10.5. The fourth-order valence-electron chi connectivity index (χ4n) is 2.06. The lowest BCUT2D eigenvalue weighted by Gasteiger charge is -2.16. The van der Waals surface area contributed by atoms with Crippen LogP contribution in [0.2, 0.25) is 5.02 Å². The van der Waals surface area contributed by atoms with Crippen molar-refractivity contribution in [1.82, 2.24) is 5.32 Å². The van der Waals surface area contributed by atoms with Crippen LogP contribution < -0.4 is 11.1 Å². The molecule has 1 aliphatic carbocycles. The zero-order valence-corrected chi connectivity index (χ0v) is 11.3. The monoisotopic (exact) mass is 266 g/mol. The van der Waals surface area contributed by atoms with Gasteiger partial charge in [-0.05, 0) is 43.4 Å². The molecule has 1 aromatic rings. The van der Waals surface area contributed by atoms with E-state index in [9.17, 15) is 4.79 Å². The summed E-state index contributed by atoms with van der Waals surface area (Å²) in [7, 11) is 0. The zero-order chi connectivity index (χ0) is 13.1. The van der Waals surface area contributed by atoms with Crippen LogP contribution in [0.25, 0.3) is 0 Å². The Hall–Kier alpha value is -1.06. The lowest BCUT2D eigenvalue weighted by atomic mass is 10.1. The summed E-state index contributed by atoms with van der Waals surface area (Å²) in [4.78, 5) is 11.8. The first-order valence-corrected chi connectivity index (χ1v) is 6.74. The van der Waals surface area contributed by atoms with Gasteiger partial charge in [-0.3, -0.25) is 4.79 Å². The van der Waals surface area contributed by atoms with Crippen LogP contribution in [-0.4, -0.2) is 11.9 Å². The molecular weight excluding hydrogens is 248 g/mol. The molecule has 0 bridgehead atoms. The van der Waals surface area contributed by atoms with E-state index in [0.29, 0.717) is 17.4 Å². The molecule has 3 nitrogen and oxygen atoms in total. The van der Waals surface area contributed by atoms with E-state index in [2.05, 4.69) is 5.32 Å². The highest BCUT2D eigenvalue weighted by Gasteiger charge is 2.30. The van der Waals surface area contributed by atoms with Gasteiger partial charge in [-0.2, -0.15) is 0 Å². The van der Waals surface area contributed by atoms with E-state index in [4.69, 9.17) is 17.3 Å². The number of hydrogen-bond acceptors (Lipinski definition) is 2. The molecule has 1 amide bonds. The van der Waals surface area contributed by atoms with Crippen LogP contribution in [0.4, 0.5) is 0 Å². The summed E-state index contributed by atoms with van der Waals surface area (Å²) in [5.74, 6) is 0.569. The molecule has 0 saturated heterocycles. The van der Waals surface area contributed by atoms with E-state index >= 15 is 0 Å². The van der Waals surface area contributed by atoms with Crippen molar-refractivity contribution in [3.8, 4) is 0 Å². The van der Waals surface area contributed by atoms with Crippen molar-refractivity contribution < 1.29 is 4.79 Å². The number of halogens is 1. The Balaban J connectivity index is 1.86. The number of amides is 1. The fourth-order valence-corrected chi connectivity index (χ4v) is 2.26. The third kappa shape index (κ3) is 3.72. The van der Waals surface area contributed by atoms with E-state index in [1.165, 1.54) is 0 Å². The van der Waals surface area contributed by atoms with Crippen molar-refractivity contribution in [3.05, 3.63) is 34.9 Å². The van der Waals surface area contributed by atoms with Crippen molar-refractivity contribution >= 4 is 17.5 Å². The van der Waals surface area contributed by atoms with Gasteiger partial charge in [0.2, 0.25) is 5.91 Å². The maximum absolute atomic E-state index is 11.8. The van der Waals surface area contributed by atoms with Crippen LogP contribution >= 0.6 is 11.6 Å². The van der Waals surface area contributed by atoms with Crippen molar-refractivity contribution in [2.75, 3.05) is 0 Å². The summed E-state index contributed by atoms with van der Waals surface area (Å²) in [6.45, 7) is 1.95. The van der Waals surface area contributed by atoms with Gasteiger partial charge < -0.3 is 11.1 Å².